The zero-order valence-corrected chi connectivity index (χ0v) is 22.2. The molecule has 180 valence electrons. The maximum Gasteiger partial charge on any atom is 0.233 e. The molecule has 1 amide bonds. The normalized spacial score (nSPS) is 11.5. The Morgan fingerprint density at radius 3 is 2.57 bits per heavy atom. The summed E-state index contributed by atoms with van der Waals surface area (Å²) >= 11 is 8.73. The smallest absolute Gasteiger partial charge is 0.233 e. The predicted molar refractivity (Wildman–Crippen MR) is 146 cm³/mol. The van der Waals surface area contributed by atoms with Crippen molar-refractivity contribution in [1.82, 2.24) is 23.8 Å². The average molecular weight is 524 g/mol. The second-order valence-corrected chi connectivity index (χ2v) is 10.4. The summed E-state index contributed by atoms with van der Waals surface area (Å²) < 4.78 is 11.5. The first-order valence-electron chi connectivity index (χ1n) is 11.5. The Kier molecular flexibility index (Phi) is 6.77. The van der Waals surface area contributed by atoms with Crippen LogP contribution >= 0.6 is 35.3 Å². The SMILES string of the molecule is CCOc1ccccc1-n1c(=S)sc2c1nc(SCC(=O)N(CC)CC)n1c3ccccc3nc21. The van der Waals surface area contributed by atoms with Crippen molar-refractivity contribution in [2.75, 3.05) is 25.4 Å². The third kappa shape index (κ3) is 4.19. The van der Waals surface area contributed by atoms with Gasteiger partial charge >= 0.3 is 0 Å². The first-order chi connectivity index (χ1) is 17.1. The molecule has 0 aliphatic carbocycles. The number of thiazole rings is 1. The maximum absolute atomic E-state index is 12.8. The van der Waals surface area contributed by atoms with Crippen LogP contribution in [0.5, 0.6) is 5.75 Å². The fourth-order valence-electron chi connectivity index (χ4n) is 4.15. The number of benzene rings is 2. The van der Waals surface area contributed by atoms with Crippen LogP contribution < -0.4 is 4.74 Å². The number of amides is 1. The van der Waals surface area contributed by atoms with Crippen LogP contribution in [0.15, 0.2) is 53.7 Å². The van der Waals surface area contributed by atoms with Gasteiger partial charge in [-0.25, -0.2) is 9.97 Å². The molecule has 0 unspecified atom stereocenters. The van der Waals surface area contributed by atoms with Crippen LogP contribution in [0.25, 0.3) is 32.7 Å². The Hall–Kier alpha value is -2.95. The maximum atomic E-state index is 12.8. The van der Waals surface area contributed by atoms with Gasteiger partial charge in [-0.3, -0.25) is 13.8 Å². The minimum Gasteiger partial charge on any atom is -0.492 e. The number of imidazole rings is 1. The van der Waals surface area contributed by atoms with E-state index in [-0.39, 0.29) is 5.91 Å². The molecular formula is C25H25N5O2S3. The summed E-state index contributed by atoms with van der Waals surface area (Å²) in [6.45, 7) is 7.86. The number of thioether (sulfide) groups is 1. The Morgan fingerprint density at radius 1 is 1.06 bits per heavy atom. The number of para-hydroxylation sites is 4. The van der Waals surface area contributed by atoms with Crippen molar-refractivity contribution in [1.29, 1.82) is 0 Å². The standard InChI is InChI=1S/C25H25N5O2S3/c1-4-28(5-2)20(31)15-34-24-27-23-21(22-26-16-11-7-8-12-17(16)29(22)24)35-25(33)30(23)18-13-9-10-14-19(18)32-6-3/h7-14H,4-6,15H2,1-3H3. The Balaban J connectivity index is 1.75. The lowest BCUT2D eigenvalue weighted by molar-refractivity contribution is -0.127. The van der Waals surface area contributed by atoms with Crippen molar-refractivity contribution in [3.63, 3.8) is 0 Å². The summed E-state index contributed by atoms with van der Waals surface area (Å²) in [5.74, 6) is 1.12. The van der Waals surface area contributed by atoms with Crippen molar-refractivity contribution in [2.24, 2.45) is 0 Å². The molecule has 0 atom stereocenters. The summed E-state index contributed by atoms with van der Waals surface area (Å²) in [6.07, 6.45) is 0. The minimum absolute atomic E-state index is 0.0864. The highest BCUT2D eigenvalue weighted by molar-refractivity contribution is 7.99. The molecule has 10 heteroatoms. The topological polar surface area (TPSA) is 64.7 Å². The number of ether oxygens (including phenoxy) is 1. The lowest BCUT2D eigenvalue weighted by Gasteiger charge is -2.18. The van der Waals surface area contributed by atoms with E-state index < -0.39 is 0 Å². The Bertz CT molecular complexity index is 1600. The molecule has 5 rings (SSSR count). The first-order valence-corrected chi connectivity index (χ1v) is 13.7. The van der Waals surface area contributed by atoms with E-state index >= 15 is 0 Å². The number of nitrogens with zero attached hydrogens (tertiary/aromatic N) is 5. The third-order valence-corrected chi connectivity index (χ3v) is 8.07. The number of aromatic nitrogens is 4. The monoisotopic (exact) mass is 523 g/mol. The van der Waals surface area contributed by atoms with Gasteiger partial charge in [0, 0.05) is 13.1 Å². The van der Waals surface area contributed by atoms with E-state index in [4.69, 9.17) is 26.9 Å². The van der Waals surface area contributed by atoms with E-state index in [9.17, 15) is 4.79 Å². The van der Waals surface area contributed by atoms with Gasteiger partial charge in [-0.15, -0.1) is 0 Å². The molecule has 0 radical (unpaired) electrons. The lowest BCUT2D eigenvalue weighted by Crippen LogP contribution is -2.31. The first kappa shape index (κ1) is 23.8. The van der Waals surface area contributed by atoms with Gasteiger partial charge in [-0.2, -0.15) is 0 Å². The summed E-state index contributed by atoms with van der Waals surface area (Å²) in [7, 11) is 0. The second-order valence-electron chi connectivity index (χ2n) is 7.77. The number of hydrogen-bond acceptors (Lipinski definition) is 7. The Labute approximate surface area is 216 Å². The number of carbonyl (C=O) groups is 1. The van der Waals surface area contributed by atoms with Crippen molar-refractivity contribution < 1.29 is 9.53 Å². The van der Waals surface area contributed by atoms with Crippen molar-refractivity contribution in [3.05, 3.63) is 52.5 Å². The Morgan fingerprint density at radius 2 is 1.80 bits per heavy atom. The average Bonchev–Trinajstić information content (AvgIpc) is 3.41. The molecule has 3 aromatic heterocycles. The molecule has 0 aliphatic heterocycles. The van der Waals surface area contributed by atoms with E-state index in [2.05, 4.69) is 0 Å². The summed E-state index contributed by atoms with van der Waals surface area (Å²) in [4.78, 5) is 24.7. The quantitative estimate of drug-likeness (QED) is 0.142. The van der Waals surface area contributed by atoms with E-state index in [1.807, 2.05) is 83.2 Å². The second kappa shape index (κ2) is 9.96. The number of fused-ring (bicyclic) bond motifs is 5. The molecule has 5 aromatic rings. The molecule has 0 aliphatic rings. The third-order valence-electron chi connectivity index (χ3n) is 5.79. The molecule has 0 saturated heterocycles. The molecule has 35 heavy (non-hydrogen) atoms. The summed E-state index contributed by atoms with van der Waals surface area (Å²) in [6, 6.07) is 15.8. The van der Waals surface area contributed by atoms with Gasteiger partial charge < -0.3 is 9.64 Å². The van der Waals surface area contributed by atoms with E-state index in [0.29, 0.717) is 40.2 Å². The zero-order valence-electron chi connectivity index (χ0n) is 19.7. The molecule has 0 saturated carbocycles. The zero-order chi connectivity index (χ0) is 24.5. The molecule has 0 bridgehead atoms. The summed E-state index contributed by atoms with van der Waals surface area (Å²) in [5, 5.41) is 0.706. The largest absolute Gasteiger partial charge is 0.492 e. The molecule has 2 aromatic carbocycles. The molecule has 7 nitrogen and oxygen atoms in total. The number of rotatable bonds is 8. The number of hydrogen-bond donors (Lipinski definition) is 0. The van der Waals surface area contributed by atoms with Gasteiger partial charge in [0.15, 0.2) is 20.4 Å². The van der Waals surface area contributed by atoms with Gasteiger partial charge in [-0.1, -0.05) is 47.4 Å². The van der Waals surface area contributed by atoms with Crippen molar-refractivity contribution >= 4 is 68.3 Å². The van der Waals surface area contributed by atoms with Crippen LogP contribution in [0, 0.1) is 3.95 Å². The van der Waals surface area contributed by atoms with Gasteiger partial charge in [-0.05, 0) is 57.3 Å². The molecular weight excluding hydrogens is 499 g/mol. The minimum atomic E-state index is 0.0864. The van der Waals surface area contributed by atoms with E-state index in [1.54, 1.807) is 0 Å². The van der Waals surface area contributed by atoms with Gasteiger partial charge in [0.25, 0.3) is 0 Å². The summed E-state index contributed by atoms with van der Waals surface area (Å²) in [5.41, 5.74) is 4.17. The lowest BCUT2D eigenvalue weighted by atomic mass is 10.3. The van der Waals surface area contributed by atoms with Gasteiger partial charge in [0.05, 0.1) is 29.1 Å². The van der Waals surface area contributed by atoms with Crippen LogP contribution in [0.2, 0.25) is 0 Å². The molecule has 0 N–H and O–H groups in total. The van der Waals surface area contributed by atoms with Crippen molar-refractivity contribution in [3.8, 4) is 11.4 Å². The number of carbonyl (C=O) groups excluding carboxylic acids is 1. The van der Waals surface area contributed by atoms with Crippen LogP contribution in [-0.4, -0.2) is 55.2 Å². The van der Waals surface area contributed by atoms with E-state index in [1.165, 1.54) is 23.1 Å². The van der Waals surface area contributed by atoms with Crippen LogP contribution in [0.1, 0.15) is 20.8 Å². The fourth-order valence-corrected chi connectivity index (χ4v) is 6.39. The van der Waals surface area contributed by atoms with Crippen LogP contribution in [0.4, 0.5) is 0 Å². The van der Waals surface area contributed by atoms with Gasteiger partial charge in [0.1, 0.15) is 10.4 Å². The highest BCUT2D eigenvalue weighted by atomic mass is 32.2. The van der Waals surface area contributed by atoms with Gasteiger partial charge in [0.2, 0.25) is 5.91 Å². The van der Waals surface area contributed by atoms with Crippen LogP contribution in [-0.2, 0) is 4.79 Å². The van der Waals surface area contributed by atoms with E-state index in [0.717, 1.165) is 32.8 Å². The molecule has 0 spiro atoms. The fraction of sp³-hybridized carbons (Fsp3) is 0.280. The molecule has 0 fully saturated rings. The highest BCUT2D eigenvalue weighted by Gasteiger charge is 2.21. The molecule has 3 heterocycles. The van der Waals surface area contributed by atoms with Crippen molar-refractivity contribution in [2.45, 2.75) is 25.9 Å². The van der Waals surface area contributed by atoms with Crippen LogP contribution in [0.3, 0.4) is 0 Å². The predicted octanol–water partition coefficient (Wildman–Crippen LogP) is 5.98. The highest BCUT2D eigenvalue weighted by Crippen LogP contribution is 2.36.